The number of hydrogen-bond acceptors (Lipinski definition) is 5. The van der Waals surface area contributed by atoms with E-state index in [1.807, 2.05) is 5.38 Å². The maximum atomic E-state index is 12.5. The third-order valence-corrected chi connectivity index (χ3v) is 6.05. The van der Waals surface area contributed by atoms with Crippen LogP contribution >= 0.6 is 11.3 Å². The van der Waals surface area contributed by atoms with Crippen LogP contribution in [0.15, 0.2) is 29.6 Å². The van der Waals surface area contributed by atoms with Crippen molar-refractivity contribution in [2.75, 3.05) is 13.1 Å². The quantitative estimate of drug-likeness (QED) is 0.749. The molecule has 1 aromatic carbocycles. The Labute approximate surface area is 170 Å². The standard InChI is InChI=1S/C21H28N4O2S/c1-14(2)21-24-17(13-28-21)11-23-19(26)10-18-20(27)22-8-9-25(18)12-16-6-4-15(3)5-7-16/h4-7,13-14,18H,8-12H2,1-3H3,(H,22,27)(H,23,26)/t18-/m1/s1. The first-order valence-corrected chi connectivity index (χ1v) is 10.6. The predicted molar refractivity (Wildman–Crippen MR) is 111 cm³/mol. The normalized spacial score (nSPS) is 17.6. The van der Waals surface area contributed by atoms with Crippen LogP contribution in [0.25, 0.3) is 0 Å². The Balaban J connectivity index is 1.57. The maximum Gasteiger partial charge on any atom is 0.237 e. The van der Waals surface area contributed by atoms with Crippen LogP contribution < -0.4 is 10.6 Å². The molecule has 2 amide bonds. The number of thiazole rings is 1. The van der Waals surface area contributed by atoms with Gasteiger partial charge in [-0.1, -0.05) is 43.7 Å². The minimum Gasteiger partial charge on any atom is -0.353 e. The van der Waals surface area contributed by atoms with E-state index in [1.54, 1.807) is 11.3 Å². The predicted octanol–water partition coefficient (Wildman–Crippen LogP) is 2.58. The Hall–Kier alpha value is -2.25. The first-order chi connectivity index (χ1) is 13.4. The highest BCUT2D eigenvalue weighted by Crippen LogP contribution is 2.19. The molecule has 1 saturated heterocycles. The van der Waals surface area contributed by atoms with Crippen LogP contribution in [-0.2, 0) is 22.7 Å². The van der Waals surface area contributed by atoms with Crippen molar-refractivity contribution in [2.45, 2.75) is 52.2 Å². The lowest BCUT2D eigenvalue weighted by molar-refractivity contribution is -0.134. The zero-order chi connectivity index (χ0) is 20.1. The van der Waals surface area contributed by atoms with E-state index in [4.69, 9.17) is 0 Å². The van der Waals surface area contributed by atoms with Crippen LogP contribution in [0.1, 0.15) is 48.0 Å². The molecule has 2 aromatic rings. The summed E-state index contributed by atoms with van der Waals surface area (Å²) in [4.78, 5) is 31.5. The van der Waals surface area contributed by atoms with E-state index in [9.17, 15) is 9.59 Å². The van der Waals surface area contributed by atoms with Gasteiger partial charge in [-0.2, -0.15) is 0 Å². The Kier molecular flexibility index (Phi) is 6.80. The van der Waals surface area contributed by atoms with Crippen molar-refractivity contribution in [3.05, 3.63) is 51.5 Å². The van der Waals surface area contributed by atoms with Gasteiger partial charge in [-0.25, -0.2) is 4.98 Å². The van der Waals surface area contributed by atoms with Crippen LogP contribution in [0.2, 0.25) is 0 Å². The molecular weight excluding hydrogens is 372 g/mol. The molecule has 1 aliphatic heterocycles. The smallest absolute Gasteiger partial charge is 0.237 e. The van der Waals surface area contributed by atoms with Crippen molar-refractivity contribution >= 4 is 23.2 Å². The van der Waals surface area contributed by atoms with E-state index in [0.29, 0.717) is 25.6 Å². The molecule has 0 bridgehead atoms. The van der Waals surface area contributed by atoms with Gasteiger partial charge in [0.1, 0.15) is 0 Å². The summed E-state index contributed by atoms with van der Waals surface area (Å²) in [5, 5.41) is 8.84. The number of aromatic nitrogens is 1. The molecule has 1 atom stereocenters. The van der Waals surface area contributed by atoms with Gasteiger partial charge in [0.05, 0.1) is 29.7 Å². The molecule has 6 nitrogen and oxygen atoms in total. The van der Waals surface area contributed by atoms with E-state index in [-0.39, 0.29) is 18.2 Å². The molecule has 0 aliphatic carbocycles. The summed E-state index contributed by atoms with van der Waals surface area (Å²) in [6.07, 6.45) is 0.152. The molecule has 1 fully saturated rings. The summed E-state index contributed by atoms with van der Waals surface area (Å²) in [6.45, 7) is 8.67. The van der Waals surface area contributed by atoms with Crippen molar-refractivity contribution in [2.24, 2.45) is 0 Å². The minimum absolute atomic E-state index is 0.0794. The van der Waals surface area contributed by atoms with Crippen LogP contribution in [0.3, 0.4) is 0 Å². The number of piperazine rings is 1. The van der Waals surface area contributed by atoms with Crippen molar-refractivity contribution < 1.29 is 9.59 Å². The zero-order valence-electron chi connectivity index (χ0n) is 16.7. The number of hydrogen-bond donors (Lipinski definition) is 2. The number of rotatable bonds is 7. The van der Waals surface area contributed by atoms with Gasteiger partial charge < -0.3 is 10.6 Å². The Morgan fingerprint density at radius 3 is 2.79 bits per heavy atom. The third kappa shape index (κ3) is 5.39. The first kappa shape index (κ1) is 20.5. The molecule has 150 valence electrons. The van der Waals surface area contributed by atoms with Crippen molar-refractivity contribution in [1.29, 1.82) is 0 Å². The van der Waals surface area contributed by atoms with Crippen molar-refractivity contribution in [1.82, 2.24) is 20.5 Å². The van der Waals surface area contributed by atoms with E-state index in [1.165, 1.54) is 5.56 Å². The topological polar surface area (TPSA) is 74.3 Å². The number of carbonyl (C=O) groups excluding carboxylic acids is 2. The molecule has 0 radical (unpaired) electrons. The van der Waals surface area contributed by atoms with Gasteiger partial charge in [0.2, 0.25) is 11.8 Å². The van der Waals surface area contributed by atoms with Crippen LogP contribution in [0.4, 0.5) is 0 Å². The summed E-state index contributed by atoms with van der Waals surface area (Å²) < 4.78 is 0. The molecule has 28 heavy (non-hydrogen) atoms. The van der Waals surface area contributed by atoms with Gasteiger partial charge in [0, 0.05) is 30.9 Å². The summed E-state index contributed by atoms with van der Waals surface area (Å²) in [5.74, 6) is 0.176. The largest absolute Gasteiger partial charge is 0.353 e. The lowest BCUT2D eigenvalue weighted by Gasteiger charge is -2.34. The third-order valence-electron chi connectivity index (χ3n) is 4.86. The fourth-order valence-electron chi connectivity index (χ4n) is 3.21. The Bertz CT molecular complexity index is 816. The van der Waals surface area contributed by atoms with E-state index >= 15 is 0 Å². The average Bonchev–Trinajstić information content (AvgIpc) is 3.14. The van der Waals surface area contributed by atoms with Crippen LogP contribution in [0, 0.1) is 6.92 Å². The Morgan fingerprint density at radius 1 is 1.36 bits per heavy atom. The number of amides is 2. The van der Waals surface area contributed by atoms with Gasteiger partial charge in [0.25, 0.3) is 0 Å². The molecular formula is C21H28N4O2S. The molecule has 0 unspecified atom stereocenters. The molecule has 0 spiro atoms. The highest BCUT2D eigenvalue weighted by Gasteiger charge is 2.31. The fourth-order valence-corrected chi connectivity index (χ4v) is 4.04. The summed E-state index contributed by atoms with van der Waals surface area (Å²) >= 11 is 1.61. The zero-order valence-corrected chi connectivity index (χ0v) is 17.5. The summed E-state index contributed by atoms with van der Waals surface area (Å²) in [6, 6.07) is 7.85. The van der Waals surface area contributed by atoms with Crippen molar-refractivity contribution in [3.8, 4) is 0 Å². The number of benzene rings is 1. The van der Waals surface area contributed by atoms with Crippen LogP contribution in [0.5, 0.6) is 0 Å². The maximum absolute atomic E-state index is 12.5. The molecule has 2 heterocycles. The number of aryl methyl sites for hydroxylation is 1. The molecule has 3 rings (SSSR count). The molecule has 7 heteroatoms. The lowest BCUT2D eigenvalue weighted by atomic mass is 10.1. The van der Waals surface area contributed by atoms with E-state index in [2.05, 4.69) is 65.6 Å². The minimum atomic E-state index is -0.447. The number of carbonyl (C=O) groups is 2. The number of nitrogens with zero attached hydrogens (tertiary/aromatic N) is 2. The van der Waals surface area contributed by atoms with E-state index < -0.39 is 6.04 Å². The molecule has 1 aromatic heterocycles. The second-order valence-corrected chi connectivity index (χ2v) is 8.47. The van der Waals surface area contributed by atoms with Crippen LogP contribution in [-0.4, -0.2) is 40.8 Å². The second-order valence-electron chi connectivity index (χ2n) is 7.58. The van der Waals surface area contributed by atoms with E-state index in [0.717, 1.165) is 22.8 Å². The second kappa shape index (κ2) is 9.30. The fraction of sp³-hybridized carbons (Fsp3) is 0.476. The van der Waals surface area contributed by atoms with Gasteiger partial charge in [-0.05, 0) is 12.5 Å². The van der Waals surface area contributed by atoms with Gasteiger partial charge in [-0.3, -0.25) is 14.5 Å². The summed E-state index contributed by atoms with van der Waals surface area (Å²) in [5.41, 5.74) is 3.22. The monoisotopic (exact) mass is 400 g/mol. The molecule has 0 saturated carbocycles. The Morgan fingerprint density at radius 2 is 2.11 bits per heavy atom. The molecule has 2 N–H and O–H groups in total. The van der Waals surface area contributed by atoms with Gasteiger partial charge in [-0.15, -0.1) is 11.3 Å². The number of nitrogens with one attached hydrogen (secondary N) is 2. The SMILES string of the molecule is Cc1ccc(CN2CCNC(=O)[C@H]2CC(=O)NCc2csc(C(C)C)n2)cc1. The highest BCUT2D eigenvalue weighted by molar-refractivity contribution is 7.09. The molecule has 1 aliphatic rings. The van der Waals surface area contributed by atoms with Crippen molar-refractivity contribution in [3.63, 3.8) is 0 Å². The van der Waals surface area contributed by atoms with Gasteiger partial charge in [0.15, 0.2) is 0 Å². The average molecular weight is 401 g/mol. The lowest BCUT2D eigenvalue weighted by Crippen LogP contribution is -2.56. The first-order valence-electron chi connectivity index (χ1n) is 9.70. The van der Waals surface area contributed by atoms with Gasteiger partial charge >= 0.3 is 0 Å². The summed E-state index contributed by atoms with van der Waals surface area (Å²) in [7, 11) is 0. The highest BCUT2D eigenvalue weighted by atomic mass is 32.1.